The molecular weight excluding hydrogens is 490 g/mol. The van der Waals surface area contributed by atoms with Crippen molar-refractivity contribution in [1.29, 1.82) is 0 Å². The topological polar surface area (TPSA) is 141 Å². The molecule has 0 saturated carbocycles. The molecule has 9 nitrogen and oxygen atoms in total. The molecule has 0 aliphatic heterocycles. The van der Waals surface area contributed by atoms with Crippen LogP contribution in [0, 0.1) is 12.8 Å². The van der Waals surface area contributed by atoms with Crippen molar-refractivity contribution in [3.8, 4) is 5.75 Å². The molecule has 0 unspecified atom stereocenters. The third kappa shape index (κ3) is 6.65. The van der Waals surface area contributed by atoms with Crippen LogP contribution in [0.3, 0.4) is 0 Å². The van der Waals surface area contributed by atoms with Gasteiger partial charge in [-0.25, -0.2) is 0 Å². The van der Waals surface area contributed by atoms with Gasteiger partial charge in [0.2, 0.25) is 5.91 Å². The van der Waals surface area contributed by atoms with E-state index in [-0.39, 0.29) is 22.2 Å². The van der Waals surface area contributed by atoms with E-state index in [4.69, 9.17) is 16.2 Å². The predicted molar refractivity (Wildman–Crippen MR) is 146 cm³/mol. The molecule has 0 aliphatic rings. The minimum absolute atomic E-state index is 0.0289. The van der Waals surface area contributed by atoms with E-state index in [0.717, 1.165) is 23.5 Å². The van der Waals surface area contributed by atoms with Crippen LogP contribution in [0.2, 0.25) is 0 Å². The van der Waals surface area contributed by atoms with Gasteiger partial charge in [0.15, 0.2) is 5.69 Å². The summed E-state index contributed by atoms with van der Waals surface area (Å²) in [7, 11) is 0. The lowest BCUT2D eigenvalue weighted by molar-refractivity contribution is -0.122. The van der Waals surface area contributed by atoms with E-state index in [1.807, 2.05) is 32.0 Å². The van der Waals surface area contributed by atoms with E-state index >= 15 is 0 Å². The largest absolute Gasteiger partial charge is 0.494 e. The normalized spacial score (nSPS) is 11.7. The molecule has 0 bridgehead atoms. The van der Waals surface area contributed by atoms with Gasteiger partial charge >= 0.3 is 0 Å². The number of nitrogens with one attached hydrogen (secondary N) is 1. The van der Waals surface area contributed by atoms with Gasteiger partial charge in [-0.05, 0) is 73.1 Å². The van der Waals surface area contributed by atoms with Crippen molar-refractivity contribution in [2.45, 2.75) is 40.2 Å². The zero-order chi connectivity index (χ0) is 27.1. The third-order valence-electron chi connectivity index (χ3n) is 5.69. The average molecular weight is 524 g/mol. The van der Waals surface area contributed by atoms with Crippen LogP contribution in [0.15, 0.2) is 48.5 Å². The molecule has 1 atom stereocenters. The molecule has 0 radical (unpaired) electrons. The van der Waals surface area contributed by atoms with Crippen molar-refractivity contribution in [2.75, 3.05) is 23.8 Å². The molecule has 3 amide bonds. The van der Waals surface area contributed by atoms with Crippen LogP contribution in [0.4, 0.5) is 11.4 Å². The zero-order valence-corrected chi connectivity index (χ0v) is 22.3. The number of anilines is 2. The maximum absolute atomic E-state index is 14.0. The van der Waals surface area contributed by atoms with Crippen LogP contribution in [0.1, 0.15) is 64.5 Å². The maximum Gasteiger partial charge on any atom is 0.273 e. The number of aryl methyl sites for hydroxylation is 1. The standard InChI is InChI=1S/C27H33N5O4S/c1-5-36-20-11-9-18(10-12-20)23(26(34)30-14-13-16(2)3)32(19-8-6-7-17(4)15-19)27(35)24-21(28)22(25(29)33)31-37-24/h6-12,15-16,23H,5,13-14,28H2,1-4H3,(H2,29,33)(H,30,34)/t23-/m1/s1. The summed E-state index contributed by atoms with van der Waals surface area (Å²) in [4.78, 5) is 40.9. The third-order valence-corrected chi connectivity index (χ3v) is 6.54. The molecule has 3 aromatic rings. The van der Waals surface area contributed by atoms with Gasteiger partial charge in [0.25, 0.3) is 11.8 Å². The molecule has 10 heteroatoms. The van der Waals surface area contributed by atoms with Gasteiger partial charge in [-0.15, -0.1) is 0 Å². The minimum atomic E-state index is -1.03. The van der Waals surface area contributed by atoms with E-state index in [0.29, 0.717) is 36.1 Å². The van der Waals surface area contributed by atoms with Gasteiger partial charge in [-0.2, -0.15) is 4.37 Å². The van der Waals surface area contributed by atoms with Gasteiger partial charge < -0.3 is 21.5 Å². The monoisotopic (exact) mass is 523 g/mol. The number of aromatic nitrogens is 1. The maximum atomic E-state index is 14.0. The Labute approximate surface area is 221 Å². The first-order valence-electron chi connectivity index (χ1n) is 12.1. The molecule has 3 rings (SSSR count). The Balaban J connectivity index is 2.15. The number of nitrogens with two attached hydrogens (primary N) is 2. The molecule has 37 heavy (non-hydrogen) atoms. The first-order chi connectivity index (χ1) is 17.6. The first kappa shape index (κ1) is 27.7. The summed E-state index contributed by atoms with van der Waals surface area (Å²) < 4.78 is 9.55. The van der Waals surface area contributed by atoms with Gasteiger partial charge in [-0.1, -0.05) is 38.1 Å². The van der Waals surface area contributed by atoms with Gasteiger partial charge in [0.1, 0.15) is 16.7 Å². The van der Waals surface area contributed by atoms with Crippen LogP contribution in [-0.4, -0.2) is 35.2 Å². The van der Waals surface area contributed by atoms with Crippen LogP contribution in [0.25, 0.3) is 0 Å². The highest BCUT2D eigenvalue weighted by atomic mass is 32.1. The van der Waals surface area contributed by atoms with Gasteiger partial charge in [-0.3, -0.25) is 19.3 Å². The number of carbonyl (C=O) groups is 3. The SMILES string of the molecule is CCOc1ccc([C@H](C(=O)NCCC(C)C)N(C(=O)c2snc(C(N)=O)c2N)c2cccc(C)c2)cc1. The summed E-state index contributed by atoms with van der Waals surface area (Å²) in [6, 6.07) is 13.3. The molecule has 1 heterocycles. The highest BCUT2D eigenvalue weighted by Gasteiger charge is 2.36. The molecule has 196 valence electrons. The van der Waals surface area contributed by atoms with Gasteiger partial charge in [0, 0.05) is 12.2 Å². The summed E-state index contributed by atoms with van der Waals surface area (Å²) in [5.41, 5.74) is 13.2. The molecule has 0 aliphatic carbocycles. The van der Waals surface area contributed by atoms with Crippen molar-refractivity contribution >= 4 is 40.6 Å². The van der Waals surface area contributed by atoms with Crippen molar-refractivity contribution < 1.29 is 19.1 Å². The number of ether oxygens (including phenoxy) is 1. The Kier molecular flexibility index (Phi) is 9.24. The number of amides is 3. The molecule has 1 aromatic heterocycles. The number of carbonyl (C=O) groups excluding carboxylic acids is 3. The lowest BCUT2D eigenvalue weighted by atomic mass is 10.0. The van der Waals surface area contributed by atoms with Gasteiger partial charge in [0.05, 0.1) is 12.3 Å². The molecule has 0 fully saturated rings. The number of primary amides is 1. The van der Waals surface area contributed by atoms with Crippen LogP contribution in [-0.2, 0) is 4.79 Å². The second kappa shape index (κ2) is 12.4. The van der Waals surface area contributed by atoms with E-state index < -0.39 is 17.9 Å². The number of hydrogen-bond acceptors (Lipinski definition) is 7. The summed E-state index contributed by atoms with van der Waals surface area (Å²) >= 11 is 0.776. The fourth-order valence-electron chi connectivity index (χ4n) is 3.81. The zero-order valence-electron chi connectivity index (χ0n) is 21.5. The molecule has 5 N–H and O–H groups in total. The minimum Gasteiger partial charge on any atom is -0.494 e. The number of hydrogen-bond donors (Lipinski definition) is 3. The Morgan fingerprint density at radius 1 is 1.14 bits per heavy atom. The van der Waals surface area contributed by atoms with E-state index in [9.17, 15) is 14.4 Å². The lowest BCUT2D eigenvalue weighted by Gasteiger charge is -2.31. The highest BCUT2D eigenvalue weighted by Crippen LogP contribution is 2.34. The molecule has 2 aromatic carbocycles. The predicted octanol–water partition coefficient (Wildman–Crippen LogP) is 4.08. The average Bonchev–Trinajstić information content (AvgIpc) is 3.24. The van der Waals surface area contributed by atoms with Crippen LogP contribution in [0.5, 0.6) is 5.75 Å². The Bertz CT molecular complexity index is 1260. The summed E-state index contributed by atoms with van der Waals surface area (Å²) in [5, 5.41) is 2.98. The summed E-state index contributed by atoms with van der Waals surface area (Å²) in [6.07, 6.45) is 0.782. The number of benzene rings is 2. The van der Waals surface area contributed by atoms with E-state index in [1.54, 1.807) is 30.3 Å². The smallest absolute Gasteiger partial charge is 0.273 e. The summed E-state index contributed by atoms with van der Waals surface area (Å²) in [6.45, 7) is 8.88. The summed E-state index contributed by atoms with van der Waals surface area (Å²) in [5.74, 6) is -0.701. The number of nitrogens with zero attached hydrogens (tertiary/aromatic N) is 2. The van der Waals surface area contributed by atoms with Crippen LogP contribution < -0.4 is 26.4 Å². The van der Waals surface area contributed by atoms with Crippen molar-refractivity contribution in [3.63, 3.8) is 0 Å². The fourth-order valence-corrected chi connectivity index (χ4v) is 4.55. The molecular formula is C27H33N5O4S. The first-order valence-corrected chi connectivity index (χ1v) is 12.9. The van der Waals surface area contributed by atoms with E-state index in [1.165, 1.54) is 4.90 Å². The van der Waals surface area contributed by atoms with Crippen LogP contribution >= 0.6 is 11.5 Å². The van der Waals surface area contributed by atoms with Crippen molar-refractivity contribution in [3.05, 3.63) is 70.2 Å². The quantitative estimate of drug-likeness (QED) is 0.346. The number of rotatable bonds is 11. The van der Waals surface area contributed by atoms with Crippen molar-refractivity contribution in [2.24, 2.45) is 11.7 Å². The Morgan fingerprint density at radius 2 is 1.84 bits per heavy atom. The van der Waals surface area contributed by atoms with Crippen molar-refractivity contribution in [1.82, 2.24) is 9.69 Å². The highest BCUT2D eigenvalue weighted by molar-refractivity contribution is 7.09. The second-order valence-electron chi connectivity index (χ2n) is 9.03. The van der Waals surface area contributed by atoms with E-state index in [2.05, 4.69) is 23.5 Å². The fraction of sp³-hybridized carbons (Fsp3) is 0.333. The Hall–Kier alpha value is -3.92. The Morgan fingerprint density at radius 3 is 2.41 bits per heavy atom. The molecule has 0 spiro atoms. The second-order valence-corrected chi connectivity index (χ2v) is 9.80. The molecule has 0 saturated heterocycles. The lowest BCUT2D eigenvalue weighted by Crippen LogP contribution is -2.44. The number of nitrogen functional groups attached to an aromatic ring is 1.